The maximum atomic E-state index is 12.9. The van der Waals surface area contributed by atoms with E-state index >= 15 is 0 Å². The Kier molecular flexibility index (Phi) is 7.63. The number of rotatable bonds is 8. The van der Waals surface area contributed by atoms with Crippen molar-refractivity contribution in [2.24, 2.45) is 0 Å². The average Bonchev–Trinajstić information content (AvgIpc) is 3.18. The molecule has 0 fully saturated rings. The van der Waals surface area contributed by atoms with Gasteiger partial charge >= 0.3 is 12.1 Å². The summed E-state index contributed by atoms with van der Waals surface area (Å²) < 4.78 is 16.7. The van der Waals surface area contributed by atoms with Gasteiger partial charge in [-0.25, -0.2) is 9.59 Å². The first-order valence-corrected chi connectivity index (χ1v) is 12.2. The Labute approximate surface area is 212 Å². The van der Waals surface area contributed by atoms with Gasteiger partial charge in [-0.1, -0.05) is 66.7 Å². The molecule has 6 nitrogen and oxygen atoms in total. The zero-order valence-electron chi connectivity index (χ0n) is 21.2. The Morgan fingerprint density at radius 3 is 2.08 bits per heavy atom. The fourth-order valence-corrected chi connectivity index (χ4v) is 4.61. The predicted molar refractivity (Wildman–Crippen MR) is 139 cm³/mol. The van der Waals surface area contributed by atoms with Crippen LogP contribution in [-0.2, 0) is 20.7 Å². The molecule has 1 unspecified atom stereocenters. The van der Waals surface area contributed by atoms with Gasteiger partial charge in [0.15, 0.2) is 0 Å². The van der Waals surface area contributed by atoms with E-state index in [2.05, 4.69) is 29.6 Å². The van der Waals surface area contributed by atoms with Crippen molar-refractivity contribution < 1.29 is 23.8 Å². The molecular formula is C30H33NO5. The normalized spacial score (nSPS) is 13.3. The lowest BCUT2D eigenvalue weighted by Crippen LogP contribution is -2.45. The summed E-state index contributed by atoms with van der Waals surface area (Å²) in [4.78, 5) is 25.8. The molecule has 0 saturated heterocycles. The third-order valence-corrected chi connectivity index (χ3v) is 6.22. The van der Waals surface area contributed by atoms with Crippen LogP contribution in [0.25, 0.3) is 11.1 Å². The van der Waals surface area contributed by atoms with E-state index in [0.717, 1.165) is 33.6 Å². The number of carbonyl (C=O) groups is 2. The van der Waals surface area contributed by atoms with Gasteiger partial charge in [-0.15, -0.1) is 0 Å². The number of alkyl carbamates (subject to hydrolysis) is 1. The summed E-state index contributed by atoms with van der Waals surface area (Å²) in [6.07, 6.45) is 0.226. The summed E-state index contributed by atoms with van der Waals surface area (Å²) in [5.41, 5.74) is 4.85. The second kappa shape index (κ2) is 10.9. The minimum Gasteiger partial charge on any atom is -0.496 e. The number of para-hydroxylation sites is 1. The average molecular weight is 488 g/mol. The standard InChI is InChI=1S/C30H33NO5/c1-30(2,3)36-28(32)26(18-17-20-11-5-10-16-27(20)34-4)31-29(33)35-19-25-23-14-8-6-12-21(23)22-13-7-9-15-24(22)25/h5-16,25-26H,17-19H2,1-4H3,(H,31,33). The van der Waals surface area contributed by atoms with Gasteiger partial charge in [0.2, 0.25) is 0 Å². The van der Waals surface area contributed by atoms with Gasteiger partial charge < -0.3 is 19.5 Å². The molecule has 0 radical (unpaired) electrons. The highest BCUT2D eigenvalue weighted by Crippen LogP contribution is 2.44. The largest absolute Gasteiger partial charge is 0.496 e. The Morgan fingerprint density at radius 2 is 1.47 bits per heavy atom. The molecule has 1 N–H and O–H groups in total. The quantitative estimate of drug-likeness (QED) is 0.402. The van der Waals surface area contributed by atoms with Crippen molar-refractivity contribution in [3.63, 3.8) is 0 Å². The molecular weight excluding hydrogens is 454 g/mol. The lowest BCUT2D eigenvalue weighted by atomic mass is 9.98. The molecule has 0 heterocycles. The Morgan fingerprint density at radius 1 is 0.889 bits per heavy atom. The van der Waals surface area contributed by atoms with Gasteiger partial charge in [0.1, 0.15) is 24.0 Å². The second-order valence-electron chi connectivity index (χ2n) is 9.91. The zero-order valence-corrected chi connectivity index (χ0v) is 21.2. The fourth-order valence-electron chi connectivity index (χ4n) is 4.61. The topological polar surface area (TPSA) is 73.9 Å². The molecule has 3 aromatic carbocycles. The molecule has 1 aliphatic carbocycles. The molecule has 6 heteroatoms. The van der Waals surface area contributed by atoms with Crippen molar-refractivity contribution in [3.05, 3.63) is 89.5 Å². The molecule has 36 heavy (non-hydrogen) atoms. The van der Waals surface area contributed by atoms with Gasteiger partial charge in [0.25, 0.3) is 0 Å². The smallest absolute Gasteiger partial charge is 0.407 e. The lowest BCUT2D eigenvalue weighted by Gasteiger charge is -2.25. The number of carbonyl (C=O) groups excluding carboxylic acids is 2. The Balaban J connectivity index is 1.44. The molecule has 1 aliphatic rings. The van der Waals surface area contributed by atoms with Crippen LogP contribution in [0.5, 0.6) is 5.75 Å². The number of hydrogen-bond donors (Lipinski definition) is 1. The fraction of sp³-hybridized carbons (Fsp3) is 0.333. The lowest BCUT2D eigenvalue weighted by molar-refractivity contribution is -0.157. The van der Waals surface area contributed by atoms with Crippen molar-refractivity contribution in [2.75, 3.05) is 13.7 Å². The van der Waals surface area contributed by atoms with E-state index in [9.17, 15) is 9.59 Å². The highest BCUT2D eigenvalue weighted by Gasteiger charge is 2.31. The number of amides is 1. The number of aryl methyl sites for hydroxylation is 1. The molecule has 1 atom stereocenters. The summed E-state index contributed by atoms with van der Waals surface area (Å²) in [6.45, 7) is 5.58. The summed E-state index contributed by atoms with van der Waals surface area (Å²) >= 11 is 0. The first kappa shape index (κ1) is 25.3. The first-order chi connectivity index (χ1) is 17.3. The molecule has 4 rings (SSSR count). The Bertz CT molecular complexity index is 1180. The van der Waals surface area contributed by atoms with Gasteiger partial charge in [0.05, 0.1) is 7.11 Å². The number of fused-ring (bicyclic) bond motifs is 3. The van der Waals surface area contributed by atoms with Gasteiger partial charge in [-0.3, -0.25) is 0 Å². The van der Waals surface area contributed by atoms with E-state index in [-0.39, 0.29) is 12.5 Å². The maximum Gasteiger partial charge on any atom is 0.407 e. The number of esters is 1. The van der Waals surface area contributed by atoms with Crippen molar-refractivity contribution in [1.82, 2.24) is 5.32 Å². The van der Waals surface area contributed by atoms with Crippen LogP contribution >= 0.6 is 0 Å². The van der Waals surface area contributed by atoms with Crippen LogP contribution in [0.1, 0.15) is 49.8 Å². The predicted octanol–water partition coefficient (Wildman–Crippen LogP) is 5.88. The highest BCUT2D eigenvalue weighted by molar-refractivity contribution is 5.82. The molecule has 188 valence electrons. The Hall–Kier alpha value is -3.80. The summed E-state index contributed by atoms with van der Waals surface area (Å²) in [5.74, 6) is 0.184. The van der Waals surface area contributed by atoms with E-state index in [1.54, 1.807) is 27.9 Å². The second-order valence-corrected chi connectivity index (χ2v) is 9.91. The van der Waals surface area contributed by atoms with Crippen LogP contribution in [0.15, 0.2) is 72.8 Å². The van der Waals surface area contributed by atoms with Gasteiger partial charge in [-0.05, 0) is 67.5 Å². The molecule has 0 aromatic heterocycles. The number of ether oxygens (including phenoxy) is 3. The minimum atomic E-state index is -0.857. The van der Waals surface area contributed by atoms with Crippen molar-refractivity contribution in [1.29, 1.82) is 0 Å². The van der Waals surface area contributed by atoms with E-state index < -0.39 is 23.7 Å². The van der Waals surface area contributed by atoms with E-state index in [0.29, 0.717) is 12.8 Å². The third kappa shape index (κ3) is 5.88. The molecule has 0 saturated carbocycles. The van der Waals surface area contributed by atoms with Crippen LogP contribution in [0, 0.1) is 0 Å². The number of hydrogen-bond acceptors (Lipinski definition) is 5. The molecule has 0 bridgehead atoms. The van der Waals surface area contributed by atoms with E-state index in [1.165, 1.54) is 0 Å². The highest BCUT2D eigenvalue weighted by atomic mass is 16.6. The van der Waals surface area contributed by atoms with Crippen molar-refractivity contribution in [2.45, 2.75) is 51.2 Å². The summed E-state index contributed by atoms with van der Waals surface area (Å²) in [7, 11) is 1.61. The zero-order chi connectivity index (χ0) is 25.7. The summed E-state index contributed by atoms with van der Waals surface area (Å²) in [5, 5.41) is 2.74. The molecule has 1 amide bonds. The van der Waals surface area contributed by atoms with Crippen LogP contribution in [0.4, 0.5) is 4.79 Å². The summed E-state index contributed by atoms with van der Waals surface area (Å²) in [6, 6.07) is 23.1. The number of nitrogens with one attached hydrogen (secondary N) is 1. The van der Waals surface area contributed by atoms with Gasteiger partial charge in [0, 0.05) is 5.92 Å². The first-order valence-electron chi connectivity index (χ1n) is 12.2. The molecule has 0 spiro atoms. The van der Waals surface area contributed by atoms with E-state index in [1.807, 2.05) is 48.5 Å². The number of methoxy groups -OCH3 is 1. The van der Waals surface area contributed by atoms with Crippen molar-refractivity contribution >= 4 is 12.1 Å². The van der Waals surface area contributed by atoms with Crippen LogP contribution in [0.3, 0.4) is 0 Å². The minimum absolute atomic E-state index is 0.0586. The number of benzene rings is 3. The van der Waals surface area contributed by atoms with Crippen LogP contribution < -0.4 is 10.1 Å². The maximum absolute atomic E-state index is 12.9. The van der Waals surface area contributed by atoms with Crippen molar-refractivity contribution in [3.8, 4) is 16.9 Å². The molecule has 3 aromatic rings. The van der Waals surface area contributed by atoms with Crippen LogP contribution in [-0.4, -0.2) is 37.4 Å². The van der Waals surface area contributed by atoms with Gasteiger partial charge in [-0.2, -0.15) is 0 Å². The SMILES string of the molecule is COc1ccccc1CCC(NC(=O)OCC1c2ccccc2-c2ccccc21)C(=O)OC(C)(C)C. The van der Waals surface area contributed by atoms with E-state index in [4.69, 9.17) is 14.2 Å². The monoisotopic (exact) mass is 487 g/mol. The third-order valence-electron chi connectivity index (χ3n) is 6.22. The molecule has 0 aliphatic heterocycles. The van der Waals surface area contributed by atoms with Crippen LogP contribution in [0.2, 0.25) is 0 Å².